The van der Waals surface area contributed by atoms with Gasteiger partial charge in [0, 0.05) is 25.3 Å². The molecule has 1 aromatic heterocycles. The van der Waals surface area contributed by atoms with Crippen LogP contribution in [0.15, 0.2) is 66.0 Å². The SMILES string of the molecule is O=C(CSc1ncc(-c2ccccc2)n1CC(F)(F)F)Nc1ccc(CN2CCOCC2)cc1. The molecule has 1 saturated heterocycles. The number of morpholine rings is 1. The van der Waals surface area contributed by atoms with Crippen LogP contribution in [0.1, 0.15) is 5.56 Å². The number of aromatic nitrogens is 2. The zero-order valence-electron chi connectivity index (χ0n) is 18.4. The summed E-state index contributed by atoms with van der Waals surface area (Å²) < 4.78 is 46.1. The Morgan fingerprint density at radius 3 is 2.44 bits per heavy atom. The van der Waals surface area contributed by atoms with Crippen LogP contribution in [0.3, 0.4) is 0 Å². The van der Waals surface area contributed by atoms with Gasteiger partial charge in [0.15, 0.2) is 5.16 Å². The van der Waals surface area contributed by atoms with Crippen molar-refractivity contribution in [3.05, 3.63) is 66.4 Å². The molecule has 0 unspecified atom stereocenters. The van der Waals surface area contributed by atoms with Gasteiger partial charge in [-0.05, 0) is 23.3 Å². The first kappa shape index (κ1) is 24.3. The zero-order chi connectivity index (χ0) is 24.0. The zero-order valence-corrected chi connectivity index (χ0v) is 19.2. The lowest BCUT2D eigenvalue weighted by Crippen LogP contribution is -2.35. The summed E-state index contributed by atoms with van der Waals surface area (Å²) in [6.07, 6.45) is -3.00. The molecule has 2 aromatic carbocycles. The number of carbonyl (C=O) groups is 1. The van der Waals surface area contributed by atoms with Crippen molar-refractivity contribution < 1.29 is 22.7 Å². The van der Waals surface area contributed by atoms with Crippen molar-refractivity contribution in [3.63, 3.8) is 0 Å². The van der Waals surface area contributed by atoms with E-state index in [1.54, 1.807) is 30.3 Å². The topological polar surface area (TPSA) is 59.4 Å². The second-order valence-corrected chi connectivity index (χ2v) is 8.86. The number of hydrogen-bond donors (Lipinski definition) is 1. The summed E-state index contributed by atoms with van der Waals surface area (Å²) in [7, 11) is 0. The van der Waals surface area contributed by atoms with Crippen LogP contribution in [0, 0.1) is 0 Å². The maximum Gasteiger partial charge on any atom is 0.406 e. The molecule has 0 radical (unpaired) electrons. The smallest absolute Gasteiger partial charge is 0.379 e. The number of benzene rings is 2. The predicted octanol–water partition coefficient (Wildman–Crippen LogP) is 4.68. The third kappa shape index (κ3) is 6.85. The fraction of sp³-hybridized carbons (Fsp3) is 0.333. The van der Waals surface area contributed by atoms with Gasteiger partial charge in [-0.1, -0.05) is 54.2 Å². The van der Waals surface area contributed by atoms with Gasteiger partial charge in [0.25, 0.3) is 0 Å². The summed E-state index contributed by atoms with van der Waals surface area (Å²) >= 11 is 0.978. The molecule has 6 nitrogen and oxygen atoms in total. The van der Waals surface area contributed by atoms with E-state index in [0.29, 0.717) is 16.9 Å². The van der Waals surface area contributed by atoms with E-state index in [1.807, 2.05) is 24.3 Å². The van der Waals surface area contributed by atoms with E-state index in [0.717, 1.165) is 54.7 Å². The van der Waals surface area contributed by atoms with Crippen molar-refractivity contribution in [3.8, 4) is 11.3 Å². The number of halogens is 3. The quantitative estimate of drug-likeness (QED) is 0.465. The van der Waals surface area contributed by atoms with Gasteiger partial charge in [-0.2, -0.15) is 13.2 Å². The van der Waals surface area contributed by atoms with Crippen LogP contribution in [0.5, 0.6) is 0 Å². The highest BCUT2D eigenvalue weighted by Gasteiger charge is 2.31. The largest absolute Gasteiger partial charge is 0.406 e. The average Bonchev–Trinajstić information content (AvgIpc) is 3.21. The number of rotatable bonds is 8. The normalized spacial score (nSPS) is 14.8. The van der Waals surface area contributed by atoms with Gasteiger partial charge in [0.1, 0.15) is 6.54 Å². The highest BCUT2D eigenvalue weighted by Crippen LogP contribution is 2.30. The molecule has 10 heteroatoms. The van der Waals surface area contributed by atoms with Gasteiger partial charge >= 0.3 is 6.18 Å². The highest BCUT2D eigenvalue weighted by atomic mass is 32.2. The molecule has 1 N–H and O–H groups in total. The Balaban J connectivity index is 1.36. The first-order valence-corrected chi connectivity index (χ1v) is 11.9. The molecule has 4 rings (SSSR count). The lowest BCUT2D eigenvalue weighted by molar-refractivity contribution is -0.141. The van der Waals surface area contributed by atoms with Crippen LogP contribution in [-0.2, 0) is 22.6 Å². The maximum atomic E-state index is 13.2. The lowest BCUT2D eigenvalue weighted by atomic mass is 10.2. The minimum absolute atomic E-state index is 0.0569. The fourth-order valence-corrected chi connectivity index (χ4v) is 4.46. The Morgan fingerprint density at radius 1 is 1.06 bits per heavy atom. The summed E-state index contributed by atoms with van der Waals surface area (Å²) in [4.78, 5) is 18.9. The van der Waals surface area contributed by atoms with Crippen molar-refractivity contribution in [1.82, 2.24) is 14.5 Å². The number of nitrogens with one attached hydrogen (secondary N) is 1. The molecular weight excluding hydrogens is 465 g/mol. The van der Waals surface area contributed by atoms with Gasteiger partial charge in [-0.3, -0.25) is 9.69 Å². The number of imidazole rings is 1. The van der Waals surface area contributed by atoms with Crippen LogP contribution in [0.25, 0.3) is 11.3 Å². The van der Waals surface area contributed by atoms with Crippen molar-refractivity contribution >= 4 is 23.4 Å². The Hall–Kier alpha value is -2.82. The number of carbonyl (C=O) groups excluding carboxylic acids is 1. The van der Waals surface area contributed by atoms with Gasteiger partial charge in [0.2, 0.25) is 5.91 Å². The first-order chi connectivity index (χ1) is 16.4. The van der Waals surface area contributed by atoms with Crippen molar-refractivity contribution in [2.45, 2.75) is 24.4 Å². The van der Waals surface area contributed by atoms with Crippen LogP contribution in [0.4, 0.5) is 18.9 Å². The van der Waals surface area contributed by atoms with Crippen molar-refractivity contribution in [2.75, 3.05) is 37.4 Å². The monoisotopic (exact) mass is 490 g/mol. The van der Waals surface area contributed by atoms with E-state index in [9.17, 15) is 18.0 Å². The molecule has 0 saturated carbocycles. The summed E-state index contributed by atoms with van der Waals surface area (Å²) in [5, 5.41) is 2.94. The molecule has 0 spiro atoms. The number of alkyl halides is 3. The summed E-state index contributed by atoms with van der Waals surface area (Å²) in [6, 6.07) is 16.3. The molecule has 1 fully saturated rings. The van der Waals surface area contributed by atoms with Crippen molar-refractivity contribution in [1.29, 1.82) is 0 Å². The second kappa shape index (κ2) is 11.1. The Kier molecular flexibility index (Phi) is 7.91. The van der Waals surface area contributed by atoms with E-state index in [4.69, 9.17) is 4.74 Å². The van der Waals surface area contributed by atoms with Gasteiger partial charge in [0.05, 0.1) is 30.9 Å². The molecule has 3 aromatic rings. The third-order valence-corrected chi connectivity index (χ3v) is 6.30. The first-order valence-electron chi connectivity index (χ1n) is 10.9. The molecule has 0 aliphatic carbocycles. The Bertz CT molecular complexity index is 1080. The van der Waals surface area contributed by atoms with Gasteiger partial charge < -0.3 is 14.6 Å². The van der Waals surface area contributed by atoms with E-state index in [-0.39, 0.29) is 16.8 Å². The fourth-order valence-electron chi connectivity index (χ4n) is 3.68. The van der Waals surface area contributed by atoms with E-state index in [1.165, 1.54) is 6.20 Å². The summed E-state index contributed by atoms with van der Waals surface area (Å²) in [5.41, 5.74) is 2.77. The number of ether oxygens (including phenoxy) is 1. The Labute approximate surface area is 200 Å². The number of anilines is 1. The molecule has 2 heterocycles. The highest BCUT2D eigenvalue weighted by molar-refractivity contribution is 7.99. The van der Waals surface area contributed by atoms with Crippen LogP contribution >= 0.6 is 11.8 Å². The molecular formula is C24H25F3N4O2S. The number of hydrogen-bond acceptors (Lipinski definition) is 5. The molecule has 0 bridgehead atoms. The van der Waals surface area contributed by atoms with Crippen LogP contribution in [-0.4, -0.2) is 58.6 Å². The summed E-state index contributed by atoms with van der Waals surface area (Å²) in [5.74, 6) is -0.368. The van der Waals surface area contributed by atoms with Crippen molar-refractivity contribution in [2.24, 2.45) is 0 Å². The minimum Gasteiger partial charge on any atom is -0.379 e. The number of thioether (sulfide) groups is 1. The molecule has 1 amide bonds. The molecule has 1 aliphatic rings. The van der Waals surface area contributed by atoms with Crippen LogP contribution < -0.4 is 5.32 Å². The second-order valence-electron chi connectivity index (χ2n) is 7.92. The Morgan fingerprint density at radius 2 is 1.76 bits per heavy atom. The third-order valence-electron chi connectivity index (χ3n) is 5.31. The summed E-state index contributed by atoms with van der Waals surface area (Å²) in [6.45, 7) is 2.90. The van der Waals surface area contributed by atoms with Gasteiger partial charge in [-0.25, -0.2) is 4.98 Å². The standard InChI is InChI=1S/C24H25F3N4O2S/c25-24(26,27)17-31-21(19-4-2-1-3-5-19)14-28-23(31)34-16-22(32)29-20-8-6-18(7-9-20)15-30-10-12-33-13-11-30/h1-9,14H,10-13,15-17H2,(H,29,32). The average molecular weight is 491 g/mol. The molecule has 0 atom stereocenters. The number of amides is 1. The number of nitrogens with zero attached hydrogens (tertiary/aromatic N) is 3. The van der Waals surface area contributed by atoms with E-state index < -0.39 is 12.7 Å². The molecule has 34 heavy (non-hydrogen) atoms. The maximum absolute atomic E-state index is 13.2. The molecule has 1 aliphatic heterocycles. The van der Waals surface area contributed by atoms with E-state index in [2.05, 4.69) is 15.2 Å². The van der Waals surface area contributed by atoms with Gasteiger partial charge in [-0.15, -0.1) is 0 Å². The predicted molar refractivity (Wildman–Crippen MR) is 126 cm³/mol. The molecule has 180 valence electrons. The lowest BCUT2D eigenvalue weighted by Gasteiger charge is -2.26. The van der Waals surface area contributed by atoms with E-state index >= 15 is 0 Å². The minimum atomic E-state index is -4.41. The van der Waals surface area contributed by atoms with Crippen LogP contribution in [0.2, 0.25) is 0 Å².